The van der Waals surface area contributed by atoms with Crippen molar-refractivity contribution in [3.63, 3.8) is 0 Å². The van der Waals surface area contributed by atoms with Gasteiger partial charge in [0, 0.05) is 0 Å². The fourth-order valence-electron chi connectivity index (χ4n) is 1.03. The molecule has 1 aromatic heterocycles. The first-order valence-corrected chi connectivity index (χ1v) is 4.51. The molecule has 0 saturated heterocycles. The highest BCUT2D eigenvalue weighted by molar-refractivity contribution is 9.10. The molecule has 0 spiro atoms. The minimum absolute atomic E-state index is 0.273. The van der Waals surface area contributed by atoms with Crippen molar-refractivity contribution in [3.05, 3.63) is 21.7 Å². The molecule has 1 rings (SSSR count). The molecule has 1 aromatic rings. The van der Waals surface area contributed by atoms with Crippen molar-refractivity contribution in [2.45, 2.75) is 26.7 Å². The van der Waals surface area contributed by atoms with Crippen LogP contribution in [0.3, 0.4) is 0 Å². The molecule has 1 heterocycles. The van der Waals surface area contributed by atoms with E-state index in [0.717, 1.165) is 11.3 Å². The average molecular weight is 233 g/mol. The number of nitrogens with zero attached hydrogens (tertiary/aromatic N) is 2. The van der Waals surface area contributed by atoms with Crippen molar-refractivity contribution in [2.24, 2.45) is 0 Å². The molecular formula is C8H10BrFN2. The highest BCUT2D eigenvalue weighted by Gasteiger charge is 2.12. The summed E-state index contributed by atoms with van der Waals surface area (Å²) in [6, 6.07) is 0. The fraction of sp³-hybridized carbons (Fsp3) is 0.500. The monoisotopic (exact) mass is 232 g/mol. The van der Waals surface area contributed by atoms with Crippen LogP contribution in [0.1, 0.15) is 31.0 Å². The van der Waals surface area contributed by atoms with Gasteiger partial charge >= 0.3 is 0 Å². The van der Waals surface area contributed by atoms with Crippen molar-refractivity contribution >= 4 is 15.9 Å². The van der Waals surface area contributed by atoms with Crippen LogP contribution in [-0.2, 0) is 0 Å². The Morgan fingerprint density at radius 1 is 1.33 bits per heavy atom. The van der Waals surface area contributed by atoms with E-state index in [9.17, 15) is 4.39 Å². The smallest absolute Gasteiger partial charge is 0.182 e. The van der Waals surface area contributed by atoms with Crippen molar-refractivity contribution in [2.75, 3.05) is 0 Å². The van der Waals surface area contributed by atoms with Crippen LogP contribution in [-0.4, -0.2) is 10.2 Å². The second-order valence-corrected chi connectivity index (χ2v) is 3.76. The quantitative estimate of drug-likeness (QED) is 0.745. The standard InChI is InChI=1S/C8H10BrFN2/c1-4(2)7-5(3)6(9)8(10)12-11-7/h4H,1-3H3. The van der Waals surface area contributed by atoms with Gasteiger partial charge in [0.05, 0.1) is 10.2 Å². The molecular weight excluding hydrogens is 223 g/mol. The van der Waals surface area contributed by atoms with Gasteiger partial charge in [-0.25, -0.2) is 0 Å². The second kappa shape index (κ2) is 3.47. The van der Waals surface area contributed by atoms with Gasteiger partial charge in [0.25, 0.3) is 0 Å². The normalized spacial score (nSPS) is 10.8. The Hall–Kier alpha value is -0.510. The van der Waals surface area contributed by atoms with Gasteiger partial charge in [-0.15, -0.1) is 5.10 Å². The molecule has 0 N–H and O–H groups in total. The molecule has 0 bridgehead atoms. The molecule has 0 atom stereocenters. The Balaban J connectivity index is 3.27. The van der Waals surface area contributed by atoms with Crippen LogP contribution < -0.4 is 0 Å². The molecule has 0 radical (unpaired) electrons. The lowest BCUT2D eigenvalue weighted by Crippen LogP contribution is -2.02. The summed E-state index contributed by atoms with van der Waals surface area (Å²) in [5, 5.41) is 7.18. The molecule has 66 valence electrons. The predicted octanol–water partition coefficient (Wildman–Crippen LogP) is 2.81. The van der Waals surface area contributed by atoms with E-state index in [-0.39, 0.29) is 5.92 Å². The number of hydrogen-bond donors (Lipinski definition) is 0. The summed E-state index contributed by atoms with van der Waals surface area (Å²) >= 11 is 3.12. The second-order valence-electron chi connectivity index (χ2n) is 2.97. The van der Waals surface area contributed by atoms with Crippen molar-refractivity contribution in [3.8, 4) is 0 Å². The molecule has 12 heavy (non-hydrogen) atoms. The molecule has 4 heteroatoms. The van der Waals surface area contributed by atoms with Crippen molar-refractivity contribution in [1.82, 2.24) is 10.2 Å². The first-order chi connectivity index (χ1) is 5.54. The van der Waals surface area contributed by atoms with E-state index >= 15 is 0 Å². The molecule has 0 aliphatic rings. The predicted molar refractivity (Wildman–Crippen MR) is 48.5 cm³/mol. The lowest BCUT2D eigenvalue weighted by Gasteiger charge is -2.08. The minimum Gasteiger partial charge on any atom is -0.182 e. The summed E-state index contributed by atoms with van der Waals surface area (Å²) in [6.07, 6.45) is 0. The van der Waals surface area contributed by atoms with Crippen LogP contribution in [0, 0.1) is 12.9 Å². The van der Waals surface area contributed by atoms with Gasteiger partial charge in [-0.05, 0) is 34.3 Å². The molecule has 0 aromatic carbocycles. The first kappa shape index (κ1) is 9.58. The van der Waals surface area contributed by atoms with Crippen LogP contribution in [0.5, 0.6) is 0 Å². The molecule has 2 nitrogen and oxygen atoms in total. The number of aromatic nitrogens is 2. The van der Waals surface area contributed by atoms with E-state index in [0.29, 0.717) is 4.47 Å². The van der Waals surface area contributed by atoms with Gasteiger partial charge in [0.1, 0.15) is 0 Å². The molecule has 0 saturated carbocycles. The Labute approximate surface area is 79.3 Å². The third-order valence-electron chi connectivity index (χ3n) is 1.69. The highest BCUT2D eigenvalue weighted by Crippen LogP contribution is 2.24. The maximum Gasteiger partial charge on any atom is 0.247 e. The van der Waals surface area contributed by atoms with Gasteiger partial charge in [-0.3, -0.25) is 0 Å². The van der Waals surface area contributed by atoms with Crippen LogP contribution in [0.4, 0.5) is 4.39 Å². The summed E-state index contributed by atoms with van der Waals surface area (Å²) in [6.45, 7) is 5.83. The Kier molecular flexibility index (Phi) is 2.77. The summed E-state index contributed by atoms with van der Waals surface area (Å²) in [5.74, 6) is -0.272. The van der Waals surface area contributed by atoms with E-state index in [1.54, 1.807) is 0 Å². The van der Waals surface area contributed by atoms with Gasteiger partial charge in [-0.2, -0.15) is 9.49 Å². The maximum atomic E-state index is 12.8. The Bertz CT molecular complexity index is 299. The molecule has 0 fully saturated rings. The lowest BCUT2D eigenvalue weighted by molar-refractivity contribution is 0.545. The lowest BCUT2D eigenvalue weighted by atomic mass is 10.1. The SMILES string of the molecule is Cc1c(C(C)C)nnc(F)c1Br. The van der Waals surface area contributed by atoms with Crippen molar-refractivity contribution in [1.29, 1.82) is 0 Å². The van der Waals surface area contributed by atoms with Gasteiger partial charge in [0.2, 0.25) is 5.95 Å². The maximum absolute atomic E-state index is 12.8. The zero-order valence-electron chi connectivity index (χ0n) is 7.23. The van der Waals surface area contributed by atoms with E-state index < -0.39 is 5.95 Å². The summed E-state index contributed by atoms with van der Waals surface area (Å²) in [7, 11) is 0. The molecule has 0 aliphatic carbocycles. The average Bonchev–Trinajstić information content (AvgIpc) is 2.00. The van der Waals surface area contributed by atoms with E-state index in [1.807, 2.05) is 20.8 Å². The zero-order chi connectivity index (χ0) is 9.30. The third kappa shape index (κ3) is 1.63. The van der Waals surface area contributed by atoms with E-state index in [2.05, 4.69) is 26.1 Å². The van der Waals surface area contributed by atoms with E-state index in [1.165, 1.54) is 0 Å². The van der Waals surface area contributed by atoms with Crippen LogP contribution in [0.15, 0.2) is 4.47 Å². The van der Waals surface area contributed by atoms with Crippen LogP contribution in [0.25, 0.3) is 0 Å². The summed E-state index contributed by atoms with van der Waals surface area (Å²) in [5.41, 5.74) is 1.67. The summed E-state index contributed by atoms with van der Waals surface area (Å²) in [4.78, 5) is 0. The topological polar surface area (TPSA) is 25.8 Å². The van der Waals surface area contributed by atoms with Crippen LogP contribution in [0.2, 0.25) is 0 Å². The third-order valence-corrected chi connectivity index (χ3v) is 2.61. The summed E-state index contributed by atoms with van der Waals surface area (Å²) < 4.78 is 13.2. The number of hydrogen-bond acceptors (Lipinski definition) is 2. The first-order valence-electron chi connectivity index (χ1n) is 3.72. The van der Waals surface area contributed by atoms with E-state index in [4.69, 9.17) is 0 Å². The van der Waals surface area contributed by atoms with Crippen LogP contribution >= 0.6 is 15.9 Å². The fourth-order valence-corrected chi connectivity index (χ4v) is 1.31. The van der Waals surface area contributed by atoms with Gasteiger partial charge in [0.15, 0.2) is 0 Å². The van der Waals surface area contributed by atoms with Crippen molar-refractivity contribution < 1.29 is 4.39 Å². The largest absolute Gasteiger partial charge is 0.247 e. The highest BCUT2D eigenvalue weighted by atomic mass is 79.9. The molecule has 0 amide bonds. The Morgan fingerprint density at radius 2 is 1.92 bits per heavy atom. The molecule has 0 aliphatic heterocycles. The minimum atomic E-state index is -0.545. The van der Waals surface area contributed by atoms with Gasteiger partial charge in [-0.1, -0.05) is 13.8 Å². The Morgan fingerprint density at radius 3 is 2.42 bits per heavy atom. The number of rotatable bonds is 1. The van der Waals surface area contributed by atoms with Gasteiger partial charge < -0.3 is 0 Å². The molecule has 0 unspecified atom stereocenters. The zero-order valence-corrected chi connectivity index (χ0v) is 8.81. The number of halogens is 2.